The van der Waals surface area contributed by atoms with Crippen molar-refractivity contribution in [1.29, 1.82) is 0 Å². The van der Waals surface area contributed by atoms with E-state index in [4.69, 9.17) is 9.47 Å². The molecule has 0 saturated heterocycles. The molecule has 7 heteroatoms. The van der Waals surface area contributed by atoms with Crippen LogP contribution in [0.25, 0.3) is 16.7 Å². The molecule has 0 bridgehead atoms. The third kappa shape index (κ3) is 3.59. The predicted molar refractivity (Wildman–Crippen MR) is 108 cm³/mol. The van der Waals surface area contributed by atoms with Crippen LogP contribution in [-0.4, -0.2) is 39.5 Å². The van der Waals surface area contributed by atoms with Crippen molar-refractivity contribution in [3.63, 3.8) is 0 Å². The summed E-state index contributed by atoms with van der Waals surface area (Å²) in [7, 11) is 1.63. The van der Waals surface area contributed by atoms with Gasteiger partial charge in [-0.1, -0.05) is 30.3 Å². The van der Waals surface area contributed by atoms with Crippen LogP contribution < -0.4 is 14.8 Å². The van der Waals surface area contributed by atoms with Gasteiger partial charge in [0, 0.05) is 0 Å². The normalized spacial score (nSPS) is 11.9. The van der Waals surface area contributed by atoms with Crippen molar-refractivity contribution >= 4 is 16.9 Å². The Balaban J connectivity index is 1.50. The molecule has 2 heterocycles. The van der Waals surface area contributed by atoms with Crippen LogP contribution in [0.1, 0.15) is 6.92 Å². The van der Waals surface area contributed by atoms with Crippen molar-refractivity contribution in [2.45, 2.75) is 13.0 Å². The lowest BCUT2D eigenvalue weighted by Gasteiger charge is -2.17. The van der Waals surface area contributed by atoms with E-state index in [2.05, 4.69) is 20.4 Å². The molecule has 2 aromatic heterocycles. The number of hydrogen-bond donors (Lipinski definition) is 1. The molecule has 0 spiro atoms. The van der Waals surface area contributed by atoms with Crippen LogP contribution in [-0.2, 0) is 0 Å². The molecule has 0 fully saturated rings. The van der Waals surface area contributed by atoms with Crippen LogP contribution in [0.3, 0.4) is 0 Å². The molecule has 0 amide bonds. The molecule has 4 rings (SSSR count). The number of rotatable bonds is 7. The average molecular weight is 375 g/mol. The fraction of sp³-hybridized carbons (Fsp3) is 0.190. The Hall–Kier alpha value is -3.61. The fourth-order valence-electron chi connectivity index (χ4n) is 2.96. The van der Waals surface area contributed by atoms with E-state index in [1.807, 2.05) is 61.5 Å². The SMILES string of the molecule is COc1ccccc1OC(C)CNc1ncnc2c1cnn2-c1ccccc1. The number of hydrogen-bond acceptors (Lipinski definition) is 6. The second-order valence-corrected chi connectivity index (χ2v) is 6.31. The van der Waals surface area contributed by atoms with Crippen LogP contribution in [0.4, 0.5) is 5.82 Å². The zero-order chi connectivity index (χ0) is 19.3. The van der Waals surface area contributed by atoms with Crippen molar-refractivity contribution in [2.75, 3.05) is 19.0 Å². The van der Waals surface area contributed by atoms with Gasteiger partial charge in [-0.2, -0.15) is 5.10 Å². The Morgan fingerprint density at radius 2 is 1.75 bits per heavy atom. The highest BCUT2D eigenvalue weighted by atomic mass is 16.5. The van der Waals surface area contributed by atoms with Gasteiger partial charge >= 0.3 is 0 Å². The van der Waals surface area contributed by atoms with Gasteiger partial charge < -0.3 is 14.8 Å². The van der Waals surface area contributed by atoms with E-state index in [9.17, 15) is 0 Å². The number of nitrogens with zero attached hydrogens (tertiary/aromatic N) is 4. The summed E-state index contributed by atoms with van der Waals surface area (Å²) in [5, 5.41) is 8.67. The highest BCUT2D eigenvalue weighted by Crippen LogP contribution is 2.27. The summed E-state index contributed by atoms with van der Waals surface area (Å²) in [6.07, 6.45) is 3.22. The smallest absolute Gasteiger partial charge is 0.168 e. The molecule has 28 heavy (non-hydrogen) atoms. The van der Waals surface area contributed by atoms with Crippen molar-refractivity contribution in [1.82, 2.24) is 19.7 Å². The maximum atomic E-state index is 5.99. The summed E-state index contributed by atoms with van der Waals surface area (Å²) in [5.74, 6) is 2.15. The van der Waals surface area contributed by atoms with Crippen LogP contribution in [0, 0.1) is 0 Å². The summed E-state index contributed by atoms with van der Waals surface area (Å²) >= 11 is 0. The Kier molecular flexibility index (Phi) is 5.05. The molecule has 1 N–H and O–H groups in total. The fourth-order valence-corrected chi connectivity index (χ4v) is 2.96. The first kappa shape index (κ1) is 17.8. The predicted octanol–water partition coefficient (Wildman–Crippen LogP) is 3.70. The van der Waals surface area contributed by atoms with Gasteiger partial charge in [0.2, 0.25) is 0 Å². The number of benzene rings is 2. The van der Waals surface area contributed by atoms with Crippen LogP contribution in [0.15, 0.2) is 67.1 Å². The lowest BCUT2D eigenvalue weighted by molar-refractivity contribution is 0.223. The third-order valence-electron chi connectivity index (χ3n) is 4.32. The quantitative estimate of drug-likeness (QED) is 0.531. The van der Waals surface area contributed by atoms with Crippen LogP contribution >= 0.6 is 0 Å². The number of anilines is 1. The second kappa shape index (κ2) is 7.96. The zero-order valence-corrected chi connectivity index (χ0v) is 15.7. The minimum absolute atomic E-state index is 0.0921. The minimum Gasteiger partial charge on any atom is -0.493 e. The summed E-state index contributed by atoms with van der Waals surface area (Å²) in [4.78, 5) is 8.77. The van der Waals surface area contributed by atoms with Crippen molar-refractivity contribution < 1.29 is 9.47 Å². The van der Waals surface area contributed by atoms with Crippen molar-refractivity contribution in [2.24, 2.45) is 0 Å². The van der Waals surface area contributed by atoms with E-state index in [0.29, 0.717) is 18.0 Å². The molecule has 142 valence electrons. The van der Waals surface area contributed by atoms with Crippen LogP contribution in [0.2, 0.25) is 0 Å². The van der Waals surface area contributed by atoms with Crippen LogP contribution in [0.5, 0.6) is 11.5 Å². The lowest BCUT2D eigenvalue weighted by atomic mass is 10.3. The van der Waals surface area contributed by atoms with E-state index in [1.165, 1.54) is 6.33 Å². The van der Waals surface area contributed by atoms with Gasteiger partial charge in [-0.15, -0.1) is 0 Å². The van der Waals surface area contributed by atoms with Gasteiger partial charge in [-0.05, 0) is 31.2 Å². The van der Waals surface area contributed by atoms with Gasteiger partial charge in [-0.3, -0.25) is 0 Å². The number of ether oxygens (including phenoxy) is 2. The van der Waals surface area contributed by atoms with E-state index in [1.54, 1.807) is 18.0 Å². The number of para-hydroxylation sites is 3. The minimum atomic E-state index is -0.0921. The summed E-state index contributed by atoms with van der Waals surface area (Å²) < 4.78 is 13.1. The molecule has 4 aromatic rings. The molecule has 1 unspecified atom stereocenters. The van der Waals surface area contributed by atoms with Gasteiger partial charge in [0.15, 0.2) is 17.1 Å². The van der Waals surface area contributed by atoms with E-state index in [-0.39, 0.29) is 6.10 Å². The standard InChI is InChI=1S/C21H21N5O2/c1-15(28-19-11-7-6-10-18(19)27-2)12-22-20-17-13-25-26(21(17)24-14-23-20)16-8-4-3-5-9-16/h3-11,13-15H,12H2,1-2H3,(H,22,23,24). The Labute approximate surface area is 163 Å². The maximum absolute atomic E-state index is 5.99. The number of nitrogens with one attached hydrogen (secondary N) is 1. The summed E-state index contributed by atoms with van der Waals surface area (Å²) in [5.41, 5.74) is 1.71. The van der Waals surface area contributed by atoms with Gasteiger partial charge in [-0.25, -0.2) is 14.6 Å². The molecule has 0 saturated carbocycles. The molecule has 0 radical (unpaired) electrons. The first-order chi connectivity index (χ1) is 13.8. The summed E-state index contributed by atoms with van der Waals surface area (Å²) in [6.45, 7) is 2.56. The highest BCUT2D eigenvalue weighted by Gasteiger charge is 2.13. The van der Waals surface area contributed by atoms with Crippen molar-refractivity contribution in [3.05, 3.63) is 67.1 Å². The highest BCUT2D eigenvalue weighted by molar-refractivity contribution is 5.87. The number of fused-ring (bicyclic) bond motifs is 1. The second-order valence-electron chi connectivity index (χ2n) is 6.31. The number of aromatic nitrogens is 4. The molecule has 0 aliphatic heterocycles. The molecular formula is C21H21N5O2. The van der Waals surface area contributed by atoms with Gasteiger partial charge in [0.1, 0.15) is 18.2 Å². The molecule has 7 nitrogen and oxygen atoms in total. The first-order valence-corrected chi connectivity index (χ1v) is 9.04. The molecule has 0 aliphatic rings. The third-order valence-corrected chi connectivity index (χ3v) is 4.32. The molecule has 1 atom stereocenters. The van der Waals surface area contributed by atoms with Gasteiger partial charge in [0.05, 0.1) is 30.9 Å². The summed E-state index contributed by atoms with van der Waals surface area (Å²) in [6, 6.07) is 17.5. The molecular weight excluding hydrogens is 354 g/mol. The molecule has 0 aliphatic carbocycles. The van der Waals surface area contributed by atoms with E-state index < -0.39 is 0 Å². The topological polar surface area (TPSA) is 74.1 Å². The zero-order valence-electron chi connectivity index (χ0n) is 15.7. The molecule has 2 aromatic carbocycles. The van der Waals surface area contributed by atoms with Crippen molar-refractivity contribution in [3.8, 4) is 17.2 Å². The maximum Gasteiger partial charge on any atom is 0.168 e. The van der Waals surface area contributed by atoms with E-state index >= 15 is 0 Å². The lowest BCUT2D eigenvalue weighted by Crippen LogP contribution is -2.23. The monoisotopic (exact) mass is 375 g/mol. The van der Waals surface area contributed by atoms with Gasteiger partial charge in [0.25, 0.3) is 0 Å². The Bertz CT molecular complexity index is 1060. The number of methoxy groups -OCH3 is 1. The van der Waals surface area contributed by atoms with E-state index in [0.717, 1.165) is 22.5 Å². The first-order valence-electron chi connectivity index (χ1n) is 9.04. The Morgan fingerprint density at radius 3 is 2.54 bits per heavy atom. The Morgan fingerprint density at radius 1 is 1.00 bits per heavy atom. The largest absolute Gasteiger partial charge is 0.493 e. The average Bonchev–Trinajstić information content (AvgIpc) is 3.18.